The summed E-state index contributed by atoms with van der Waals surface area (Å²) in [5.41, 5.74) is 3.97. The minimum atomic E-state index is -2.57. The average molecular weight is 607 g/mol. The van der Waals surface area contributed by atoms with Crippen molar-refractivity contribution in [1.29, 1.82) is 10.5 Å². The summed E-state index contributed by atoms with van der Waals surface area (Å²) in [4.78, 5) is 8.63. The van der Waals surface area contributed by atoms with Crippen molar-refractivity contribution in [3.63, 3.8) is 0 Å². The van der Waals surface area contributed by atoms with Gasteiger partial charge in [0.15, 0.2) is 0 Å². The van der Waals surface area contributed by atoms with Crippen LogP contribution in [-0.2, 0) is 5.54 Å². The van der Waals surface area contributed by atoms with Crippen LogP contribution in [0.4, 0.5) is 20.2 Å². The molecule has 6 rings (SSSR count). The molecular formula is C33H32F2N10. The lowest BCUT2D eigenvalue weighted by molar-refractivity contribution is 0.0593. The van der Waals surface area contributed by atoms with Gasteiger partial charge in [-0.3, -0.25) is 4.98 Å². The number of imidazole rings is 1. The summed E-state index contributed by atoms with van der Waals surface area (Å²) in [5.74, 6) is 0. The van der Waals surface area contributed by atoms with E-state index >= 15 is 0 Å². The van der Waals surface area contributed by atoms with Crippen LogP contribution in [0.2, 0.25) is 0 Å². The number of benzene rings is 2. The topological polar surface area (TPSA) is 133 Å². The number of pyridine rings is 1. The van der Waals surface area contributed by atoms with Crippen molar-refractivity contribution in [1.82, 2.24) is 29.5 Å². The maximum Gasteiger partial charge on any atom is 0.263 e. The molecule has 1 aliphatic rings. The molecule has 1 aliphatic carbocycles. The van der Waals surface area contributed by atoms with Crippen LogP contribution in [0.1, 0.15) is 67.6 Å². The number of nitrogens with one attached hydrogen (secondary N) is 2. The Morgan fingerprint density at radius 1 is 1.11 bits per heavy atom. The highest BCUT2D eigenvalue weighted by Crippen LogP contribution is 2.48. The molecule has 12 heteroatoms. The summed E-state index contributed by atoms with van der Waals surface area (Å²) in [6.07, 6.45) is 6.40. The van der Waals surface area contributed by atoms with Crippen LogP contribution in [-0.4, -0.2) is 42.5 Å². The van der Waals surface area contributed by atoms with Gasteiger partial charge in [-0.25, -0.2) is 18.4 Å². The zero-order valence-corrected chi connectivity index (χ0v) is 25.4. The molecule has 45 heavy (non-hydrogen) atoms. The molecule has 0 spiro atoms. The Morgan fingerprint density at radius 3 is 2.53 bits per heavy atom. The van der Waals surface area contributed by atoms with Crippen LogP contribution in [0.25, 0.3) is 16.6 Å². The smallest absolute Gasteiger partial charge is 0.263 e. The Bertz CT molecular complexity index is 1950. The molecule has 5 aromatic rings. The first-order valence-electron chi connectivity index (χ1n) is 14.6. The van der Waals surface area contributed by atoms with E-state index in [4.69, 9.17) is 0 Å². The van der Waals surface area contributed by atoms with Crippen molar-refractivity contribution >= 4 is 22.3 Å². The molecule has 2 N–H and O–H groups in total. The largest absolute Gasteiger partial charge is 0.383 e. The zero-order valence-electron chi connectivity index (χ0n) is 25.4. The number of nitrogens with zero attached hydrogens (tertiary/aromatic N) is 8. The van der Waals surface area contributed by atoms with Gasteiger partial charge in [0.2, 0.25) is 0 Å². The fraction of sp³-hybridized carbons (Fsp3) is 0.333. The number of halogens is 2. The highest BCUT2D eigenvalue weighted by atomic mass is 19.3. The highest BCUT2D eigenvalue weighted by molar-refractivity contribution is 5.99. The molecule has 1 atom stereocenters. The van der Waals surface area contributed by atoms with E-state index in [0.29, 0.717) is 58.5 Å². The molecule has 0 radical (unpaired) electrons. The lowest BCUT2D eigenvalue weighted by Gasteiger charge is -2.24. The van der Waals surface area contributed by atoms with Gasteiger partial charge in [-0.15, -0.1) is 5.10 Å². The summed E-state index contributed by atoms with van der Waals surface area (Å²) in [6.45, 7) is 8.81. The SMILES string of the molecule is Cc1c(C(Nc2cc(C#N)c3ncc(C#N)c(NCC(C)(C)C)c3c2)c2cn(C3(C(F)F)CC3)nn2)cccc1-n1ccnc1. The first kappa shape index (κ1) is 29.7. The average Bonchev–Trinajstić information content (AvgIpc) is 3.39. The van der Waals surface area contributed by atoms with Crippen molar-refractivity contribution in [2.24, 2.45) is 5.41 Å². The van der Waals surface area contributed by atoms with Gasteiger partial charge in [0, 0.05) is 41.9 Å². The van der Waals surface area contributed by atoms with E-state index in [1.807, 2.05) is 42.0 Å². The molecule has 0 saturated heterocycles. The van der Waals surface area contributed by atoms with Gasteiger partial charge in [0.25, 0.3) is 6.43 Å². The molecule has 1 saturated carbocycles. The van der Waals surface area contributed by atoms with Gasteiger partial charge in [-0.05, 0) is 54.5 Å². The summed E-state index contributed by atoms with van der Waals surface area (Å²) < 4.78 is 31.2. The molecular weight excluding hydrogens is 574 g/mol. The molecule has 1 fully saturated rings. The molecule has 3 aromatic heterocycles. The van der Waals surface area contributed by atoms with E-state index in [2.05, 4.69) is 63.8 Å². The lowest BCUT2D eigenvalue weighted by atomic mass is 9.95. The quantitative estimate of drug-likeness (QED) is 0.195. The Morgan fingerprint density at radius 2 is 1.89 bits per heavy atom. The molecule has 10 nitrogen and oxygen atoms in total. The normalized spacial score (nSPS) is 14.6. The van der Waals surface area contributed by atoms with Crippen LogP contribution in [0.3, 0.4) is 0 Å². The number of alkyl halides is 2. The van der Waals surface area contributed by atoms with Gasteiger partial charge in [0.05, 0.1) is 40.9 Å². The molecule has 228 valence electrons. The molecule has 3 heterocycles. The number of nitriles is 2. The fourth-order valence-electron chi connectivity index (χ4n) is 5.51. The molecule has 0 amide bonds. The van der Waals surface area contributed by atoms with Gasteiger partial charge < -0.3 is 15.2 Å². The third-order valence-corrected chi connectivity index (χ3v) is 8.19. The minimum Gasteiger partial charge on any atom is -0.383 e. The van der Waals surface area contributed by atoms with E-state index in [0.717, 1.165) is 16.8 Å². The van der Waals surface area contributed by atoms with Crippen LogP contribution >= 0.6 is 0 Å². The number of rotatable bonds is 9. The van der Waals surface area contributed by atoms with E-state index in [-0.39, 0.29) is 5.41 Å². The Balaban J connectivity index is 1.50. The van der Waals surface area contributed by atoms with Crippen molar-refractivity contribution in [2.45, 2.75) is 58.5 Å². The lowest BCUT2D eigenvalue weighted by Crippen LogP contribution is -2.26. The standard InChI is InChI=1S/C33H32F2N10/c1-20-24(6-5-7-27(20)44-11-10-38-19-44)30(26-17-45(43-42-26)33(8-9-33)31(34)35)41-23-12-21(14-36)28-25(13-23)29(22(15-37)16-39-28)40-18-32(2,3)4/h5-7,10-13,16-17,19,30-31,41H,8-9,18H2,1-4H3,(H,39,40). The Kier molecular flexibility index (Phi) is 7.45. The fourth-order valence-corrected chi connectivity index (χ4v) is 5.51. The number of aromatic nitrogens is 6. The second-order valence-electron chi connectivity index (χ2n) is 12.6. The van der Waals surface area contributed by atoms with Crippen LogP contribution in [0.5, 0.6) is 0 Å². The summed E-state index contributed by atoms with van der Waals surface area (Å²) in [5, 5.41) is 36.1. The van der Waals surface area contributed by atoms with Crippen molar-refractivity contribution in [3.8, 4) is 17.8 Å². The Hall–Kier alpha value is -5.36. The molecule has 2 aromatic carbocycles. The molecule has 1 unspecified atom stereocenters. The van der Waals surface area contributed by atoms with E-state index in [9.17, 15) is 19.3 Å². The second kappa shape index (κ2) is 11.3. The highest BCUT2D eigenvalue weighted by Gasteiger charge is 2.54. The molecule has 0 aliphatic heterocycles. The van der Waals surface area contributed by atoms with Crippen LogP contribution in [0, 0.1) is 35.0 Å². The van der Waals surface area contributed by atoms with Gasteiger partial charge >= 0.3 is 0 Å². The van der Waals surface area contributed by atoms with Crippen LogP contribution in [0.15, 0.2) is 61.4 Å². The maximum absolute atomic E-state index is 14.0. The second-order valence-corrected chi connectivity index (χ2v) is 12.6. The third-order valence-electron chi connectivity index (χ3n) is 8.19. The Labute approximate surface area is 259 Å². The van der Waals surface area contributed by atoms with Gasteiger partial charge in [-0.1, -0.05) is 38.1 Å². The van der Waals surface area contributed by atoms with E-state index in [1.54, 1.807) is 24.8 Å². The molecule has 0 bridgehead atoms. The zero-order chi connectivity index (χ0) is 31.9. The monoisotopic (exact) mass is 606 g/mol. The summed E-state index contributed by atoms with van der Waals surface area (Å²) >= 11 is 0. The minimum absolute atomic E-state index is 0.0813. The van der Waals surface area contributed by atoms with Crippen molar-refractivity contribution in [2.75, 3.05) is 17.2 Å². The van der Waals surface area contributed by atoms with Gasteiger partial charge in [0.1, 0.15) is 23.4 Å². The number of anilines is 2. The summed E-state index contributed by atoms with van der Waals surface area (Å²) in [7, 11) is 0. The van der Waals surface area contributed by atoms with Crippen molar-refractivity contribution in [3.05, 3.63) is 89.4 Å². The predicted molar refractivity (Wildman–Crippen MR) is 166 cm³/mol. The number of hydrogen-bond acceptors (Lipinski definition) is 8. The predicted octanol–water partition coefficient (Wildman–Crippen LogP) is 6.48. The third kappa shape index (κ3) is 5.55. The first-order chi connectivity index (χ1) is 21.5. The van der Waals surface area contributed by atoms with Crippen LogP contribution < -0.4 is 10.6 Å². The number of hydrogen-bond donors (Lipinski definition) is 2. The summed E-state index contributed by atoms with van der Waals surface area (Å²) in [6, 6.07) is 13.2. The van der Waals surface area contributed by atoms with Crippen molar-refractivity contribution < 1.29 is 8.78 Å². The van der Waals surface area contributed by atoms with E-state index in [1.165, 1.54) is 10.9 Å². The number of fused-ring (bicyclic) bond motifs is 1. The first-order valence-corrected chi connectivity index (χ1v) is 14.6. The van der Waals surface area contributed by atoms with E-state index < -0.39 is 18.0 Å². The van der Waals surface area contributed by atoms with Gasteiger partial charge in [-0.2, -0.15) is 10.5 Å². The maximum atomic E-state index is 14.0.